The van der Waals surface area contributed by atoms with Gasteiger partial charge in [0.25, 0.3) is 0 Å². The lowest BCUT2D eigenvalue weighted by Gasteiger charge is -2.09. The van der Waals surface area contributed by atoms with Crippen LogP contribution < -0.4 is 5.73 Å². The van der Waals surface area contributed by atoms with E-state index < -0.39 is 21.6 Å². The number of aryl methyl sites for hydroxylation is 1. The Morgan fingerprint density at radius 3 is 2.42 bits per heavy atom. The molecule has 0 atom stereocenters. The van der Waals surface area contributed by atoms with Crippen molar-refractivity contribution in [1.29, 1.82) is 0 Å². The van der Waals surface area contributed by atoms with Crippen molar-refractivity contribution in [3.63, 3.8) is 0 Å². The molecule has 7 nitrogen and oxygen atoms in total. The summed E-state index contributed by atoms with van der Waals surface area (Å²) in [5, 5.41) is 1.05. The molecule has 12 heteroatoms. The van der Waals surface area contributed by atoms with Gasteiger partial charge in [-0.15, -0.1) is 0 Å². The van der Waals surface area contributed by atoms with Crippen LogP contribution in [0.3, 0.4) is 0 Å². The number of alkyl halides is 3. The van der Waals surface area contributed by atoms with Crippen LogP contribution in [0.25, 0.3) is 22.7 Å². The molecule has 0 spiro atoms. The lowest BCUT2D eigenvalue weighted by molar-refractivity contribution is -0.137. The molecule has 0 bridgehead atoms. The molecule has 3 heterocycles. The highest BCUT2D eigenvalue weighted by Crippen LogP contribution is 2.33. The minimum atomic E-state index is -4.56. The average molecular weight is 474 g/mol. The van der Waals surface area contributed by atoms with Crippen molar-refractivity contribution in [1.82, 2.24) is 19.5 Å². The van der Waals surface area contributed by atoms with Gasteiger partial charge in [-0.2, -0.15) is 24.9 Å². The Balaban J connectivity index is 0.000000478. The van der Waals surface area contributed by atoms with Gasteiger partial charge in [0.15, 0.2) is 21.3 Å². The van der Waals surface area contributed by atoms with Crippen LogP contribution in [0.2, 0.25) is 0 Å². The summed E-state index contributed by atoms with van der Waals surface area (Å²) in [5.74, 6) is -0.107. The third-order valence-electron chi connectivity index (χ3n) is 4.69. The summed E-state index contributed by atoms with van der Waals surface area (Å²) in [6.07, 6.45) is 2.53. The third kappa shape index (κ3) is 5.12. The minimum Gasteiger partial charge on any atom is -0.397 e. The molecule has 0 unspecified atom stereocenters. The van der Waals surface area contributed by atoms with Gasteiger partial charge in [-0.1, -0.05) is 6.92 Å². The zero-order chi connectivity index (χ0) is 23.0. The van der Waals surface area contributed by atoms with Crippen molar-refractivity contribution >= 4 is 38.5 Å². The number of halogens is 3. The van der Waals surface area contributed by atoms with Crippen LogP contribution >= 0.6 is 11.8 Å². The van der Waals surface area contributed by atoms with Crippen molar-refractivity contribution in [3.8, 4) is 11.5 Å². The van der Waals surface area contributed by atoms with Gasteiger partial charge in [-0.05, 0) is 31.2 Å². The summed E-state index contributed by atoms with van der Waals surface area (Å²) >= 11 is 1.99. The van der Waals surface area contributed by atoms with Gasteiger partial charge in [0.1, 0.15) is 11.2 Å². The highest BCUT2D eigenvalue weighted by Gasteiger charge is 2.32. The topological polar surface area (TPSA) is 104 Å². The fraction of sp³-hybridized carbons (Fsp3) is 0.421. The molecule has 168 valence electrons. The van der Waals surface area contributed by atoms with E-state index >= 15 is 0 Å². The van der Waals surface area contributed by atoms with Crippen molar-refractivity contribution in [2.75, 3.05) is 17.7 Å². The Morgan fingerprint density at radius 2 is 1.90 bits per heavy atom. The van der Waals surface area contributed by atoms with E-state index in [1.54, 1.807) is 0 Å². The number of nitrogens with zero attached hydrogens (tertiary/aromatic N) is 4. The number of hydrogen-bond donors (Lipinski definition) is 1. The summed E-state index contributed by atoms with van der Waals surface area (Å²) < 4.78 is 64.7. The molecule has 2 N–H and O–H groups in total. The van der Waals surface area contributed by atoms with E-state index in [9.17, 15) is 21.6 Å². The number of nitrogen functional groups attached to an aromatic ring is 1. The first kappa shape index (κ1) is 23.3. The maximum Gasteiger partial charge on any atom is 0.417 e. The Hall–Kier alpha value is -2.34. The Bertz CT molecular complexity index is 1210. The van der Waals surface area contributed by atoms with Crippen LogP contribution in [0.15, 0.2) is 29.4 Å². The fourth-order valence-electron chi connectivity index (χ4n) is 2.77. The van der Waals surface area contributed by atoms with E-state index in [2.05, 4.69) is 21.2 Å². The zero-order valence-electron chi connectivity index (χ0n) is 17.1. The lowest BCUT2D eigenvalue weighted by Crippen LogP contribution is -2.09. The average Bonchev–Trinajstić information content (AvgIpc) is 3.51. The summed E-state index contributed by atoms with van der Waals surface area (Å²) in [7, 11) is -2.16. The fourth-order valence-corrected chi connectivity index (χ4v) is 4.44. The van der Waals surface area contributed by atoms with Crippen LogP contribution in [-0.4, -0.2) is 45.2 Å². The van der Waals surface area contributed by atoms with E-state index in [1.807, 2.05) is 11.8 Å². The maximum atomic E-state index is 12.9. The number of nitrogens with two attached hydrogens (primary N) is 1. The molecule has 0 aliphatic heterocycles. The summed E-state index contributed by atoms with van der Waals surface area (Å²) in [6.45, 7) is 1.47. The summed E-state index contributed by atoms with van der Waals surface area (Å²) in [4.78, 5) is 11.9. The largest absolute Gasteiger partial charge is 0.417 e. The molecule has 0 saturated heterocycles. The lowest BCUT2D eigenvalue weighted by atomic mass is 10.2. The number of pyridine rings is 2. The van der Waals surface area contributed by atoms with Gasteiger partial charge in [0.05, 0.1) is 28.1 Å². The molecular weight excluding hydrogens is 451 g/mol. The van der Waals surface area contributed by atoms with Gasteiger partial charge in [0.2, 0.25) is 0 Å². The molecule has 1 saturated carbocycles. The van der Waals surface area contributed by atoms with Gasteiger partial charge >= 0.3 is 6.18 Å². The van der Waals surface area contributed by atoms with Crippen molar-refractivity contribution in [3.05, 3.63) is 30.1 Å². The molecule has 0 radical (unpaired) electrons. The molecule has 1 aliphatic carbocycles. The molecule has 31 heavy (non-hydrogen) atoms. The second kappa shape index (κ2) is 8.65. The first-order valence-corrected chi connectivity index (χ1v) is 12.3. The molecule has 3 aromatic heterocycles. The number of thioether (sulfide) groups is 1. The first-order valence-electron chi connectivity index (χ1n) is 9.39. The van der Waals surface area contributed by atoms with Crippen molar-refractivity contribution < 1.29 is 21.6 Å². The molecule has 3 aromatic rings. The number of imidazole rings is 1. The van der Waals surface area contributed by atoms with Gasteiger partial charge in [-0.25, -0.2) is 23.4 Å². The highest BCUT2D eigenvalue weighted by molar-refractivity contribution is 7.99. The summed E-state index contributed by atoms with van der Waals surface area (Å²) in [5.41, 5.74) is 5.02. The standard InChI is InChI=1S/C15H14F3N5O2S.C4H8S/c1-3-26(24,25)11-5-9(19)7-20-12(11)14-22-10-4-8(15(16,17)18)6-21-13(10)23(14)2;1-5-4-2-3-4/h4-7H,3,19H2,1-2H3;4H,2-3H2,1H3. The van der Waals surface area contributed by atoms with Gasteiger partial charge in [-0.3, -0.25) is 0 Å². The van der Waals surface area contributed by atoms with E-state index in [0.29, 0.717) is 6.20 Å². The second-order valence-corrected chi connectivity index (χ2v) is 10.4. The third-order valence-corrected chi connectivity index (χ3v) is 7.57. The van der Waals surface area contributed by atoms with Crippen LogP contribution in [0.4, 0.5) is 18.9 Å². The van der Waals surface area contributed by atoms with E-state index in [0.717, 1.165) is 11.3 Å². The number of fused-ring (bicyclic) bond motifs is 1. The predicted octanol–water partition coefficient (Wildman–Crippen LogP) is 3.94. The quantitative estimate of drug-likeness (QED) is 0.612. The van der Waals surface area contributed by atoms with Crippen molar-refractivity contribution in [2.24, 2.45) is 7.05 Å². The Labute approximate surface area is 182 Å². The number of rotatable bonds is 4. The van der Waals surface area contributed by atoms with Crippen LogP contribution in [0.1, 0.15) is 25.3 Å². The second-order valence-electron chi connectivity index (χ2n) is 7.01. The van der Waals surface area contributed by atoms with Crippen LogP contribution in [0.5, 0.6) is 0 Å². The molecule has 1 fully saturated rings. The van der Waals surface area contributed by atoms with Gasteiger partial charge in [0, 0.05) is 18.5 Å². The Morgan fingerprint density at radius 1 is 1.23 bits per heavy atom. The molecule has 0 amide bonds. The summed E-state index contributed by atoms with van der Waals surface area (Å²) in [6, 6.07) is 2.12. The smallest absolute Gasteiger partial charge is 0.397 e. The maximum absolute atomic E-state index is 12.9. The van der Waals surface area contributed by atoms with Crippen molar-refractivity contribution in [2.45, 2.75) is 36.1 Å². The number of anilines is 1. The first-order chi connectivity index (χ1) is 14.5. The van der Waals surface area contributed by atoms with Crippen LogP contribution in [0, 0.1) is 0 Å². The SMILES string of the molecule is CCS(=O)(=O)c1cc(N)cnc1-c1nc2cc(C(F)(F)F)cnc2n1C.CSC1CC1. The molecule has 4 rings (SSSR count). The van der Waals surface area contributed by atoms with E-state index in [1.165, 1.54) is 43.6 Å². The predicted molar refractivity (Wildman–Crippen MR) is 115 cm³/mol. The van der Waals surface area contributed by atoms with E-state index in [-0.39, 0.29) is 39.0 Å². The molecule has 0 aromatic carbocycles. The monoisotopic (exact) mass is 473 g/mol. The normalized spacial score (nSPS) is 14.4. The molecule has 1 aliphatic rings. The minimum absolute atomic E-state index is 0.00936. The highest BCUT2D eigenvalue weighted by atomic mass is 32.2. The zero-order valence-corrected chi connectivity index (χ0v) is 18.8. The van der Waals surface area contributed by atoms with Crippen LogP contribution in [-0.2, 0) is 23.1 Å². The number of sulfone groups is 1. The number of aromatic nitrogens is 4. The van der Waals surface area contributed by atoms with Gasteiger partial charge < -0.3 is 10.3 Å². The molecular formula is C19H22F3N5O2S2. The Kier molecular flexibility index (Phi) is 6.51. The number of hydrogen-bond acceptors (Lipinski definition) is 7. The van der Waals surface area contributed by atoms with E-state index in [4.69, 9.17) is 5.73 Å².